The molecular weight excluding hydrogens is 328 g/mol. The molecule has 0 saturated carbocycles. The highest BCUT2D eigenvalue weighted by atomic mass is 16.3. The molecule has 1 rings (SSSR count). The molecule has 0 aliphatic rings. The van der Waals surface area contributed by atoms with Gasteiger partial charge in [-0.3, -0.25) is 10.1 Å². The van der Waals surface area contributed by atoms with Crippen molar-refractivity contribution < 1.29 is 14.7 Å². The van der Waals surface area contributed by atoms with Crippen molar-refractivity contribution in [2.24, 2.45) is 0 Å². The van der Waals surface area contributed by atoms with Crippen LogP contribution in [0.25, 0.3) is 0 Å². The first-order valence-corrected chi connectivity index (χ1v) is 9.97. The number of phenolic OH excluding ortho intramolecular Hbond substituents is 1. The van der Waals surface area contributed by atoms with Crippen molar-refractivity contribution in [2.75, 3.05) is 6.54 Å². The summed E-state index contributed by atoms with van der Waals surface area (Å²) in [5, 5.41) is 14.3. The molecule has 0 bridgehead atoms. The van der Waals surface area contributed by atoms with Crippen LogP contribution in [0.4, 0.5) is 4.79 Å². The molecule has 0 aromatic heterocycles. The van der Waals surface area contributed by atoms with Crippen LogP contribution in [-0.2, 0) is 11.2 Å². The van der Waals surface area contributed by atoms with Gasteiger partial charge in [-0.25, -0.2) is 4.79 Å². The van der Waals surface area contributed by atoms with E-state index in [0.29, 0.717) is 6.54 Å². The number of aromatic hydroxyl groups is 1. The van der Waals surface area contributed by atoms with Crippen LogP contribution < -0.4 is 10.6 Å². The predicted molar refractivity (Wildman–Crippen MR) is 105 cm³/mol. The Labute approximate surface area is 157 Å². The Morgan fingerprint density at radius 2 is 1.38 bits per heavy atom. The summed E-state index contributed by atoms with van der Waals surface area (Å²) in [6.07, 6.45) is 12.6. The van der Waals surface area contributed by atoms with Crippen molar-refractivity contribution in [2.45, 2.75) is 77.6 Å². The van der Waals surface area contributed by atoms with E-state index in [1.165, 1.54) is 63.5 Å². The summed E-state index contributed by atoms with van der Waals surface area (Å²) >= 11 is 0. The Morgan fingerprint density at radius 3 is 1.96 bits per heavy atom. The Hall–Kier alpha value is -2.04. The maximum absolute atomic E-state index is 11.8. The second kappa shape index (κ2) is 14.2. The number of imide groups is 1. The number of phenols is 1. The number of amides is 3. The van der Waals surface area contributed by atoms with E-state index in [9.17, 15) is 14.7 Å². The van der Waals surface area contributed by atoms with Gasteiger partial charge in [0.15, 0.2) is 0 Å². The Bertz CT molecular complexity index is 514. The number of carbonyl (C=O) groups excluding carboxylic acids is 2. The first-order valence-electron chi connectivity index (χ1n) is 9.97. The molecule has 5 nitrogen and oxygen atoms in total. The molecule has 0 fully saturated rings. The van der Waals surface area contributed by atoms with Gasteiger partial charge in [0.25, 0.3) is 0 Å². The summed E-state index contributed by atoms with van der Waals surface area (Å²) in [5.41, 5.74) is 0.753. The molecule has 146 valence electrons. The van der Waals surface area contributed by atoms with E-state index in [0.717, 1.165) is 18.4 Å². The van der Waals surface area contributed by atoms with Gasteiger partial charge in [-0.05, 0) is 24.1 Å². The molecule has 5 heteroatoms. The standard InChI is InChI=1S/C21H34N2O3/c1-2-3-4-5-6-7-8-9-10-11-16-22-21(26)23-20(25)17-18-12-14-19(24)15-13-18/h12-15,24H,2-11,16-17H2,1H3,(H2,22,23,25,26). The van der Waals surface area contributed by atoms with E-state index in [-0.39, 0.29) is 18.1 Å². The number of hydrogen-bond acceptors (Lipinski definition) is 3. The second-order valence-electron chi connectivity index (χ2n) is 6.83. The van der Waals surface area contributed by atoms with Crippen molar-refractivity contribution >= 4 is 11.9 Å². The number of urea groups is 1. The van der Waals surface area contributed by atoms with E-state index in [1.54, 1.807) is 12.1 Å². The highest BCUT2D eigenvalue weighted by molar-refractivity contribution is 5.95. The largest absolute Gasteiger partial charge is 0.508 e. The van der Waals surface area contributed by atoms with E-state index < -0.39 is 6.03 Å². The molecule has 0 aliphatic carbocycles. The van der Waals surface area contributed by atoms with Crippen molar-refractivity contribution in [1.82, 2.24) is 10.6 Å². The van der Waals surface area contributed by atoms with Crippen molar-refractivity contribution in [3.05, 3.63) is 29.8 Å². The van der Waals surface area contributed by atoms with E-state index in [1.807, 2.05) is 0 Å². The lowest BCUT2D eigenvalue weighted by molar-refractivity contribution is -0.119. The van der Waals surface area contributed by atoms with E-state index in [2.05, 4.69) is 17.6 Å². The number of carbonyl (C=O) groups is 2. The molecule has 3 N–H and O–H groups in total. The van der Waals surface area contributed by atoms with Crippen LogP contribution in [0, 0.1) is 0 Å². The van der Waals surface area contributed by atoms with Crippen molar-refractivity contribution in [3.8, 4) is 5.75 Å². The lowest BCUT2D eigenvalue weighted by Crippen LogP contribution is -2.40. The summed E-state index contributed by atoms with van der Waals surface area (Å²) in [6, 6.07) is 5.93. The number of hydrogen-bond donors (Lipinski definition) is 3. The highest BCUT2D eigenvalue weighted by Crippen LogP contribution is 2.11. The third kappa shape index (κ3) is 11.5. The van der Waals surface area contributed by atoms with Crippen LogP contribution in [0.2, 0.25) is 0 Å². The number of nitrogens with one attached hydrogen (secondary N) is 2. The maximum atomic E-state index is 11.8. The normalized spacial score (nSPS) is 10.5. The van der Waals surface area contributed by atoms with Crippen molar-refractivity contribution in [3.63, 3.8) is 0 Å². The molecule has 3 amide bonds. The molecule has 0 unspecified atom stereocenters. The zero-order valence-electron chi connectivity index (χ0n) is 16.1. The fourth-order valence-corrected chi connectivity index (χ4v) is 2.83. The highest BCUT2D eigenvalue weighted by Gasteiger charge is 2.08. The topological polar surface area (TPSA) is 78.4 Å². The van der Waals surface area contributed by atoms with Gasteiger partial charge in [0.1, 0.15) is 5.75 Å². The molecule has 0 spiro atoms. The van der Waals surface area contributed by atoms with E-state index in [4.69, 9.17) is 0 Å². The zero-order chi connectivity index (χ0) is 19.0. The maximum Gasteiger partial charge on any atom is 0.321 e. The van der Waals surface area contributed by atoms with Crippen molar-refractivity contribution in [1.29, 1.82) is 0 Å². The fraction of sp³-hybridized carbons (Fsp3) is 0.619. The lowest BCUT2D eigenvalue weighted by Gasteiger charge is -2.07. The number of rotatable bonds is 13. The summed E-state index contributed by atoms with van der Waals surface area (Å²) in [7, 11) is 0. The number of unbranched alkanes of at least 4 members (excludes halogenated alkanes) is 9. The zero-order valence-corrected chi connectivity index (χ0v) is 16.1. The quantitative estimate of drug-likeness (QED) is 0.446. The van der Waals surface area contributed by atoms with Crippen LogP contribution in [0.1, 0.15) is 76.7 Å². The minimum Gasteiger partial charge on any atom is -0.508 e. The first kappa shape index (κ1) is 22.0. The Kier molecular flexibility index (Phi) is 12.0. The molecule has 0 heterocycles. The predicted octanol–water partition coefficient (Wildman–Crippen LogP) is 4.68. The van der Waals surface area contributed by atoms with Gasteiger partial charge < -0.3 is 10.4 Å². The minimum absolute atomic E-state index is 0.117. The molecule has 0 saturated heterocycles. The molecule has 26 heavy (non-hydrogen) atoms. The SMILES string of the molecule is CCCCCCCCCCCCNC(=O)NC(=O)Cc1ccc(O)cc1. The van der Waals surface area contributed by atoms with Crippen LogP contribution in [-0.4, -0.2) is 23.6 Å². The van der Waals surface area contributed by atoms with Gasteiger partial charge >= 0.3 is 6.03 Å². The van der Waals surface area contributed by atoms with Gasteiger partial charge in [0.2, 0.25) is 5.91 Å². The smallest absolute Gasteiger partial charge is 0.321 e. The first-order chi connectivity index (χ1) is 12.6. The molecule has 0 atom stereocenters. The van der Waals surface area contributed by atoms with Crippen LogP contribution in [0.3, 0.4) is 0 Å². The molecular formula is C21H34N2O3. The molecule has 0 radical (unpaired) electrons. The van der Waals surface area contributed by atoms with Crippen LogP contribution in [0.5, 0.6) is 5.75 Å². The van der Waals surface area contributed by atoms with E-state index >= 15 is 0 Å². The van der Waals surface area contributed by atoms with Gasteiger partial charge in [-0.1, -0.05) is 76.8 Å². The Balaban J connectivity index is 1.96. The third-order valence-electron chi connectivity index (χ3n) is 4.37. The van der Waals surface area contributed by atoms with Gasteiger partial charge in [0, 0.05) is 6.54 Å². The number of benzene rings is 1. The Morgan fingerprint density at radius 1 is 0.846 bits per heavy atom. The monoisotopic (exact) mass is 362 g/mol. The third-order valence-corrected chi connectivity index (χ3v) is 4.37. The molecule has 1 aromatic carbocycles. The molecule has 0 aliphatic heterocycles. The summed E-state index contributed by atoms with van der Waals surface area (Å²) in [6.45, 7) is 2.83. The van der Waals surface area contributed by atoms with Crippen LogP contribution in [0.15, 0.2) is 24.3 Å². The summed E-state index contributed by atoms with van der Waals surface area (Å²) < 4.78 is 0. The average Bonchev–Trinajstić information content (AvgIpc) is 2.61. The lowest BCUT2D eigenvalue weighted by atomic mass is 10.1. The average molecular weight is 363 g/mol. The second-order valence-corrected chi connectivity index (χ2v) is 6.83. The van der Waals surface area contributed by atoms with Gasteiger partial charge in [0.05, 0.1) is 6.42 Å². The minimum atomic E-state index is -0.440. The summed E-state index contributed by atoms with van der Waals surface area (Å²) in [5.74, 6) is -0.195. The molecule has 1 aromatic rings. The van der Waals surface area contributed by atoms with Gasteiger partial charge in [-0.15, -0.1) is 0 Å². The summed E-state index contributed by atoms with van der Waals surface area (Å²) in [4.78, 5) is 23.4. The van der Waals surface area contributed by atoms with Gasteiger partial charge in [-0.2, -0.15) is 0 Å². The van der Waals surface area contributed by atoms with Crippen LogP contribution >= 0.6 is 0 Å². The fourth-order valence-electron chi connectivity index (χ4n) is 2.83.